The summed E-state index contributed by atoms with van der Waals surface area (Å²) in [5.41, 5.74) is 10.5. The van der Waals surface area contributed by atoms with Gasteiger partial charge in [0.2, 0.25) is 0 Å². The van der Waals surface area contributed by atoms with Gasteiger partial charge in [-0.25, -0.2) is 0 Å². The maximum Gasteiger partial charge on any atom is 0.269 e. The van der Waals surface area contributed by atoms with Crippen LogP contribution in [0.1, 0.15) is 30.6 Å². The van der Waals surface area contributed by atoms with E-state index >= 15 is 0 Å². The molecule has 0 saturated carbocycles. The molecule has 0 fully saturated rings. The molecule has 5 N–H and O–H groups in total. The minimum atomic E-state index is -1.39. The van der Waals surface area contributed by atoms with Gasteiger partial charge in [0.05, 0.1) is 0 Å². The molecular formula is C15H23Cl2N3O3S. The largest absolute Gasteiger partial charge is 0.382 e. The molecule has 6 nitrogen and oxygen atoms in total. The molecule has 0 aliphatic rings. The fourth-order valence-corrected chi connectivity index (χ4v) is 2.76. The lowest BCUT2D eigenvalue weighted by Crippen LogP contribution is -2.52. The van der Waals surface area contributed by atoms with E-state index in [1.807, 2.05) is 0 Å². The van der Waals surface area contributed by atoms with Crippen LogP contribution in [0, 0.1) is 0 Å². The van der Waals surface area contributed by atoms with Crippen molar-refractivity contribution in [3.8, 4) is 0 Å². The van der Waals surface area contributed by atoms with E-state index < -0.39 is 24.0 Å². The van der Waals surface area contributed by atoms with Crippen LogP contribution in [-0.4, -0.2) is 40.1 Å². The van der Waals surface area contributed by atoms with Crippen LogP contribution in [-0.2, 0) is 4.79 Å². The third-order valence-electron chi connectivity index (χ3n) is 2.96. The van der Waals surface area contributed by atoms with Crippen molar-refractivity contribution >= 4 is 47.6 Å². The molecule has 24 heavy (non-hydrogen) atoms. The molecule has 9 heteroatoms. The van der Waals surface area contributed by atoms with Crippen molar-refractivity contribution in [2.24, 2.45) is 5.73 Å². The number of nitrogens with one attached hydrogen (secondary N) is 2. The van der Waals surface area contributed by atoms with Gasteiger partial charge in [0.1, 0.15) is 6.10 Å². The Hall–Kier alpha value is -0.990. The van der Waals surface area contributed by atoms with Gasteiger partial charge in [-0.05, 0) is 35.6 Å². The molecule has 0 radical (unpaired) electrons. The number of carbonyl (C=O) groups is 2. The summed E-state index contributed by atoms with van der Waals surface area (Å²) in [5, 5.41) is 10.7. The van der Waals surface area contributed by atoms with Crippen LogP contribution in [0.15, 0.2) is 24.3 Å². The van der Waals surface area contributed by atoms with E-state index in [2.05, 4.69) is 24.7 Å². The maximum atomic E-state index is 11.8. The zero-order valence-electron chi connectivity index (χ0n) is 13.5. The fraction of sp³-hybridized carbons (Fsp3) is 0.467. The first-order valence-electron chi connectivity index (χ1n) is 7.22. The van der Waals surface area contributed by atoms with Crippen molar-refractivity contribution in [1.29, 1.82) is 0 Å². The van der Waals surface area contributed by atoms with E-state index in [4.69, 9.17) is 17.3 Å². The number of hydrogen-bond donors (Lipinski definition) is 4. The lowest BCUT2D eigenvalue weighted by molar-refractivity contribution is -0.131. The van der Waals surface area contributed by atoms with Crippen molar-refractivity contribution in [3.05, 3.63) is 34.9 Å². The number of nitrogens with two attached hydrogens (primary N) is 1. The Morgan fingerprint density at radius 2 is 2.00 bits per heavy atom. The second-order valence-electron chi connectivity index (χ2n) is 5.27. The molecule has 0 heterocycles. The quantitative estimate of drug-likeness (QED) is 0.526. The predicted molar refractivity (Wildman–Crippen MR) is 101 cm³/mol. The third kappa shape index (κ3) is 8.21. The molecule has 1 rings (SSSR count). The summed E-state index contributed by atoms with van der Waals surface area (Å²) in [6.07, 6.45) is -0.887. The van der Waals surface area contributed by atoms with Crippen molar-refractivity contribution in [1.82, 2.24) is 10.9 Å². The van der Waals surface area contributed by atoms with Gasteiger partial charge >= 0.3 is 0 Å². The highest BCUT2D eigenvalue weighted by atomic mass is 35.5. The highest BCUT2D eigenvalue weighted by Gasteiger charge is 2.23. The van der Waals surface area contributed by atoms with E-state index in [1.165, 1.54) is 6.07 Å². The van der Waals surface area contributed by atoms with Gasteiger partial charge in [-0.2, -0.15) is 11.8 Å². The number of carbonyl (C=O) groups excluding carboxylic acids is 2. The smallest absolute Gasteiger partial charge is 0.269 e. The van der Waals surface area contributed by atoms with Crippen molar-refractivity contribution < 1.29 is 14.7 Å². The minimum Gasteiger partial charge on any atom is -0.382 e. The zero-order chi connectivity index (χ0) is 17.4. The summed E-state index contributed by atoms with van der Waals surface area (Å²) in [5.74, 6) is -0.530. The van der Waals surface area contributed by atoms with E-state index in [1.54, 1.807) is 30.0 Å². The molecule has 1 aromatic carbocycles. The Bertz CT molecular complexity index is 546. The number of rotatable bonds is 7. The normalized spacial score (nSPS) is 12.9. The highest BCUT2D eigenvalue weighted by Crippen LogP contribution is 2.12. The SMILES string of the molecule is CC(C)SCCC(N)C(O)C(=O)NNC(=O)c1cccc(Cl)c1.Cl. The van der Waals surface area contributed by atoms with Gasteiger partial charge in [0.25, 0.3) is 11.8 Å². The molecule has 2 amide bonds. The van der Waals surface area contributed by atoms with E-state index in [0.29, 0.717) is 22.3 Å². The van der Waals surface area contributed by atoms with Crippen molar-refractivity contribution in [3.63, 3.8) is 0 Å². The third-order valence-corrected chi connectivity index (χ3v) is 4.34. The second-order valence-corrected chi connectivity index (χ2v) is 7.39. The molecule has 1 aromatic rings. The molecule has 0 bridgehead atoms. The van der Waals surface area contributed by atoms with Crippen LogP contribution in [0.2, 0.25) is 5.02 Å². The van der Waals surface area contributed by atoms with Crippen LogP contribution in [0.5, 0.6) is 0 Å². The summed E-state index contributed by atoms with van der Waals surface area (Å²) in [7, 11) is 0. The van der Waals surface area contributed by atoms with Gasteiger partial charge in [-0.15, -0.1) is 12.4 Å². The average molecular weight is 396 g/mol. The second kappa shape index (κ2) is 11.5. The van der Waals surface area contributed by atoms with Gasteiger partial charge in [0.15, 0.2) is 0 Å². The number of halogens is 2. The number of benzene rings is 1. The topological polar surface area (TPSA) is 104 Å². The van der Waals surface area contributed by atoms with Gasteiger partial charge < -0.3 is 10.8 Å². The molecule has 0 saturated heterocycles. The number of hydrogen-bond acceptors (Lipinski definition) is 5. The summed E-state index contributed by atoms with van der Waals surface area (Å²) < 4.78 is 0. The molecular weight excluding hydrogens is 373 g/mol. The summed E-state index contributed by atoms with van der Waals surface area (Å²) in [4.78, 5) is 23.6. The van der Waals surface area contributed by atoms with E-state index in [0.717, 1.165) is 5.75 Å². The number of aliphatic hydroxyl groups is 1. The van der Waals surface area contributed by atoms with Gasteiger partial charge in [0, 0.05) is 16.6 Å². The number of amides is 2. The molecule has 0 aromatic heterocycles. The number of thioether (sulfide) groups is 1. The fourth-order valence-electron chi connectivity index (χ4n) is 1.69. The molecule has 0 aliphatic carbocycles. The first-order chi connectivity index (χ1) is 10.8. The van der Waals surface area contributed by atoms with Gasteiger partial charge in [-0.3, -0.25) is 20.4 Å². The Labute approximate surface area is 157 Å². The number of aliphatic hydroxyl groups excluding tert-OH is 1. The number of hydrazine groups is 1. The molecule has 0 aliphatic heterocycles. The van der Waals surface area contributed by atoms with Crippen LogP contribution in [0.4, 0.5) is 0 Å². The lowest BCUT2D eigenvalue weighted by Gasteiger charge is -2.18. The van der Waals surface area contributed by atoms with Gasteiger partial charge in [-0.1, -0.05) is 31.5 Å². The maximum absolute atomic E-state index is 11.8. The Morgan fingerprint density at radius 1 is 1.33 bits per heavy atom. The molecule has 2 atom stereocenters. The standard InChI is InChI=1S/C15H22ClN3O3S.ClH/c1-9(2)23-7-6-12(17)13(20)15(22)19-18-14(21)10-4-3-5-11(16)8-10;/h3-5,8-9,12-13,20H,6-7,17H2,1-2H3,(H,18,21)(H,19,22);1H. The molecule has 0 spiro atoms. The summed E-state index contributed by atoms with van der Waals surface area (Å²) in [6, 6.07) is 5.59. The highest BCUT2D eigenvalue weighted by molar-refractivity contribution is 7.99. The van der Waals surface area contributed by atoms with E-state index in [9.17, 15) is 14.7 Å². The molecule has 2 unspecified atom stereocenters. The Balaban J connectivity index is 0.00000529. The Kier molecular flexibility index (Phi) is 11.1. The van der Waals surface area contributed by atoms with Crippen LogP contribution in [0.3, 0.4) is 0 Å². The van der Waals surface area contributed by atoms with Crippen LogP contribution in [0.25, 0.3) is 0 Å². The first kappa shape index (κ1) is 23.0. The average Bonchev–Trinajstić information content (AvgIpc) is 2.50. The predicted octanol–water partition coefficient (Wildman–Crippen LogP) is 1.74. The molecule has 136 valence electrons. The van der Waals surface area contributed by atoms with Crippen LogP contribution < -0.4 is 16.6 Å². The van der Waals surface area contributed by atoms with Crippen LogP contribution >= 0.6 is 35.8 Å². The lowest BCUT2D eigenvalue weighted by atomic mass is 10.1. The Morgan fingerprint density at radius 3 is 2.58 bits per heavy atom. The zero-order valence-corrected chi connectivity index (χ0v) is 15.9. The monoisotopic (exact) mass is 395 g/mol. The van der Waals surface area contributed by atoms with E-state index in [-0.39, 0.29) is 12.4 Å². The summed E-state index contributed by atoms with van der Waals surface area (Å²) >= 11 is 7.49. The summed E-state index contributed by atoms with van der Waals surface area (Å²) in [6.45, 7) is 4.12. The van der Waals surface area contributed by atoms with Crippen molar-refractivity contribution in [2.75, 3.05) is 5.75 Å². The minimum absolute atomic E-state index is 0. The first-order valence-corrected chi connectivity index (χ1v) is 8.65. The van der Waals surface area contributed by atoms with Crippen molar-refractivity contribution in [2.45, 2.75) is 37.7 Å².